The number of benzene rings is 2. The number of hydrogen-bond donors (Lipinski definition) is 3. The molecule has 4 N–H and O–H groups in total. The Morgan fingerprint density at radius 1 is 1.15 bits per heavy atom. The molecule has 0 fully saturated rings. The van der Waals surface area contributed by atoms with Crippen molar-refractivity contribution in [3.63, 3.8) is 0 Å². The molecule has 172 valence electrons. The SMILES string of the molecule is CCOC(C(=O)NCc1ccc(C(=N)N)cc1)c1c(F)cc(OCc2cccnc2)cc1F. The van der Waals surface area contributed by atoms with Gasteiger partial charge in [-0.15, -0.1) is 0 Å². The Labute approximate surface area is 190 Å². The van der Waals surface area contributed by atoms with Crippen LogP contribution in [0.15, 0.2) is 60.9 Å². The summed E-state index contributed by atoms with van der Waals surface area (Å²) in [5, 5.41) is 10.0. The van der Waals surface area contributed by atoms with E-state index in [4.69, 9.17) is 20.6 Å². The predicted molar refractivity (Wildman–Crippen MR) is 119 cm³/mol. The Bertz CT molecular complexity index is 1090. The number of nitrogens with one attached hydrogen (secondary N) is 2. The Morgan fingerprint density at radius 2 is 1.85 bits per heavy atom. The molecule has 2 aromatic carbocycles. The van der Waals surface area contributed by atoms with E-state index in [-0.39, 0.29) is 31.3 Å². The minimum atomic E-state index is -1.47. The lowest BCUT2D eigenvalue weighted by atomic mass is 10.1. The number of nitrogens with two attached hydrogens (primary N) is 1. The number of ether oxygens (including phenoxy) is 2. The lowest BCUT2D eigenvalue weighted by Gasteiger charge is -2.19. The van der Waals surface area contributed by atoms with Crippen molar-refractivity contribution in [3.8, 4) is 5.75 Å². The van der Waals surface area contributed by atoms with Crippen LogP contribution >= 0.6 is 0 Å². The third kappa shape index (κ3) is 6.33. The molecule has 1 atom stereocenters. The van der Waals surface area contributed by atoms with Crippen LogP contribution < -0.4 is 15.8 Å². The van der Waals surface area contributed by atoms with Gasteiger partial charge in [0.05, 0.1) is 5.56 Å². The number of carbonyl (C=O) groups is 1. The van der Waals surface area contributed by atoms with Crippen LogP contribution in [0, 0.1) is 17.0 Å². The zero-order valence-corrected chi connectivity index (χ0v) is 18.0. The fourth-order valence-electron chi connectivity index (χ4n) is 3.09. The van der Waals surface area contributed by atoms with Crippen molar-refractivity contribution in [2.45, 2.75) is 26.2 Å². The van der Waals surface area contributed by atoms with E-state index < -0.39 is 29.2 Å². The number of rotatable bonds is 10. The topological polar surface area (TPSA) is 110 Å². The summed E-state index contributed by atoms with van der Waals surface area (Å²) in [5.41, 5.74) is 6.95. The van der Waals surface area contributed by atoms with Gasteiger partial charge in [-0.25, -0.2) is 8.78 Å². The molecule has 0 saturated heterocycles. The summed E-state index contributed by atoms with van der Waals surface area (Å²) < 4.78 is 40.5. The Kier molecular flexibility index (Phi) is 8.04. The Hall–Kier alpha value is -3.85. The first-order valence-corrected chi connectivity index (χ1v) is 10.2. The second-order valence-electron chi connectivity index (χ2n) is 7.11. The van der Waals surface area contributed by atoms with Crippen molar-refractivity contribution in [2.75, 3.05) is 6.61 Å². The molecule has 33 heavy (non-hydrogen) atoms. The number of nitrogen functional groups attached to an aromatic ring is 1. The number of nitrogens with zero attached hydrogens (tertiary/aromatic N) is 1. The lowest BCUT2D eigenvalue weighted by molar-refractivity contribution is -0.133. The molecule has 0 aliphatic carbocycles. The molecule has 1 heterocycles. The maximum absolute atomic E-state index is 14.8. The molecule has 1 aromatic heterocycles. The molecule has 7 nitrogen and oxygen atoms in total. The average Bonchev–Trinajstić information content (AvgIpc) is 2.81. The monoisotopic (exact) mass is 454 g/mol. The smallest absolute Gasteiger partial charge is 0.254 e. The summed E-state index contributed by atoms with van der Waals surface area (Å²) >= 11 is 0. The molecule has 1 amide bonds. The van der Waals surface area contributed by atoms with Gasteiger partial charge in [0.25, 0.3) is 5.91 Å². The van der Waals surface area contributed by atoms with Gasteiger partial charge >= 0.3 is 0 Å². The predicted octanol–water partition coefficient (Wildman–Crippen LogP) is 3.62. The third-order valence-electron chi connectivity index (χ3n) is 4.75. The van der Waals surface area contributed by atoms with E-state index in [1.165, 1.54) is 0 Å². The molecule has 1 unspecified atom stereocenters. The van der Waals surface area contributed by atoms with Crippen molar-refractivity contribution in [2.24, 2.45) is 5.73 Å². The lowest BCUT2D eigenvalue weighted by Crippen LogP contribution is -2.31. The average molecular weight is 454 g/mol. The zero-order chi connectivity index (χ0) is 23.8. The molecule has 3 rings (SSSR count). The fourth-order valence-corrected chi connectivity index (χ4v) is 3.09. The highest BCUT2D eigenvalue weighted by atomic mass is 19.1. The second kappa shape index (κ2) is 11.1. The summed E-state index contributed by atoms with van der Waals surface area (Å²) in [6, 6.07) is 12.2. The highest BCUT2D eigenvalue weighted by molar-refractivity contribution is 5.94. The molecule has 9 heteroatoms. The van der Waals surface area contributed by atoms with Gasteiger partial charge in [-0.1, -0.05) is 30.3 Å². The van der Waals surface area contributed by atoms with Gasteiger partial charge in [-0.3, -0.25) is 15.2 Å². The van der Waals surface area contributed by atoms with E-state index in [0.717, 1.165) is 23.3 Å². The van der Waals surface area contributed by atoms with Crippen LogP contribution in [-0.4, -0.2) is 23.3 Å². The van der Waals surface area contributed by atoms with Gasteiger partial charge in [0.2, 0.25) is 0 Å². The molecular formula is C24H24F2N4O3. The standard InChI is InChI=1S/C24H24F2N4O3/c1-2-32-22(24(31)30-13-15-5-7-17(8-6-15)23(27)28)21-19(25)10-18(11-20(21)26)33-14-16-4-3-9-29-12-16/h3-12,22H,2,13-14H2,1H3,(H3,27,28)(H,30,31). The molecule has 3 aromatic rings. The number of halogens is 2. The summed E-state index contributed by atoms with van der Waals surface area (Å²) in [5.74, 6) is -2.67. The minimum absolute atomic E-state index is 0.0150. The normalized spacial score (nSPS) is 11.6. The fraction of sp³-hybridized carbons (Fsp3) is 0.208. The van der Waals surface area contributed by atoms with Crippen LogP contribution in [0.25, 0.3) is 0 Å². The quantitative estimate of drug-likeness (QED) is 0.320. The van der Waals surface area contributed by atoms with Gasteiger partial charge in [-0.05, 0) is 18.6 Å². The third-order valence-corrected chi connectivity index (χ3v) is 4.75. The number of carbonyl (C=O) groups excluding carboxylic acids is 1. The van der Waals surface area contributed by atoms with Crippen LogP contribution in [0.3, 0.4) is 0 Å². The maximum Gasteiger partial charge on any atom is 0.254 e. The van der Waals surface area contributed by atoms with E-state index in [1.807, 2.05) is 0 Å². The second-order valence-corrected chi connectivity index (χ2v) is 7.11. The highest BCUT2D eigenvalue weighted by Crippen LogP contribution is 2.29. The molecule has 0 bridgehead atoms. The first kappa shape index (κ1) is 23.8. The molecule has 0 aliphatic rings. The number of amides is 1. The van der Waals surface area contributed by atoms with Gasteiger partial charge in [-0.2, -0.15) is 0 Å². The van der Waals surface area contributed by atoms with E-state index in [1.54, 1.807) is 55.7 Å². The summed E-state index contributed by atoms with van der Waals surface area (Å²) in [6.07, 6.45) is 1.72. The van der Waals surface area contributed by atoms with Crippen LogP contribution in [-0.2, 0) is 22.7 Å². The van der Waals surface area contributed by atoms with Crippen molar-refractivity contribution < 1.29 is 23.0 Å². The van der Waals surface area contributed by atoms with E-state index in [2.05, 4.69) is 10.3 Å². The largest absolute Gasteiger partial charge is 0.489 e. The molecule has 0 spiro atoms. The number of amidine groups is 1. The van der Waals surface area contributed by atoms with Gasteiger partial charge in [0.1, 0.15) is 29.8 Å². The molecular weight excluding hydrogens is 430 g/mol. The Balaban J connectivity index is 1.71. The molecule has 0 aliphatic heterocycles. The molecule has 0 saturated carbocycles. The van der Waals surface area contributed by atoms with Gasteiger partial charge in [0.15, 0.2) is 6.10 Å². The van der Waals surface area contributed by atoms with Crippen LogP contribution in [0.2, 0.25) is 0 Å². The first-order valence-electron chi connectivity index (χ1n) is 10.2. The summed E-state index contributed by atoms with van der Waals surface area (Å²) in [7, 11) is 0. The van der Waals surface area contributed by atoms with Crippen LogP contribution in [0.5, 0.6) is 5.75 Å². The first-order chi connectivity index (χ1) is 15.9. The number of aromatic nitrogens is 1. The van der Waals surface area contributed by atoms with E-state index in [9.17, 15) is 13.6 Å². The van der Waals surface area contributed by atoms with Crippen LogP contribution in [0.4, 0.5) is 8.78 Å². The Morgan fingerprint density at radius 3 is 2.42 bits per heavy atom. The minimum Gasteiger partial charge on any atom is -0.489 e. The van der Waals surface area contributed by atoms with E-state index >= 15 is 0 Å². The van der Waals surface area contributed by atoms with Gasteiger partial charge < -0.3 is 20.5 Å². The molecule has 0 radical (unpaired) electrons. The van der Waals surface area contributed by atoms with Crippen molar-refractivity contribution >= 4 is 11.7 Å². The summed E-state index contributed by atoms with van der Waals surface area (Å²) in [6.45, 7) is 1.89. The summed E-state index contributed by atoms with van der Waals surface area (Å²) in [4.78, 5) is 16.7. The van der Waals surface area contributed by atoms with Crippen molar-refractivity contribution in [1.29, 1.82) is 5.41 Å². The van der Waals surface area contributed by atoms with Crippen LogP contribution in [0.1, 0.15) is 35.3 Å². The number of pyridine rings is 1. The van der Waals surface area contributed by atoms with Crippen molar-refractivity contribution in [3.05, 3.63) is 94.8 Å². The van der Waals surface area contributed by atoms with Crippen molar-refractivity contribution in [1.82, 2.24) is 10.3 Å². The maximum atomic E-state index is 14.8. The zero-order valence-electron chi connectivity index (χ0n) is 18.0. The van der Waals surface area contributed by atoms with Gasteiger partial charge in [0, 0.05) is 48.8 Å². The highest BCUT2D eigenvalue weighted by Gasteiger charge is 2.28. The number of hydrogen-bond acceptors (Lipinski definition) is 5. The van der Waals surface area contributed by atoms with E-state index in [0.29, 0.717) is 5.56 Å².